The lowest BCUT2D eigenvalue weighted by atomic mass is 10.2. The molecule has 0 aliphatic heterocycles. The Hall–Kier alpha value is -1.79. The smallest absolute Gasteiger partial charge is 0.192 e. The Morgan fingerprint density at radius 3 is 2.89 bits per heavy atom. The maximum atomic E-state index is 8.78. The van der Waals surface area contributed by atoms with Gasteiger partial charge in [-0.05, 0) is 43.0 Å². The molecular formula is C12H11ClN4OS. The van der Waals surface area contributed by atoms with Gasteiger partial charge in [0.25, 0.3) is 0 Å². The number of halogens is 1. The number of hydrogen-bond donors (Lipinski definition) is 2. The van der Waals surface area contributed by atoms with E-state index >= 15 is 0 Å². The number of aryl methyl sites for hydroxylation is 1. The second-order valence-corrected chi connectivity index (χ2v) is 5.15. The van der Waals surface area contributed by atoms with Crippen LogP contribution in [0.3, 0.4) is 0 Å². The van der Waals surface area contributed by atoms with Crippen LogP contribution in [-0.2, 0) is 0 Å². The van der Waals surface area contributed by atoms with Gasteiger partial charge in [0, 0.05) is 27.4 Å². The second-order valence-electron chi connectivity index (χ2n) is 3.71. The van der Waals surface area contributed by atoms with E-state index in [1.165, 1.54) is 11.8 Å². The van der Waals surface area contributed by atoms with Crippen LogP contribution < -0.4 is 5.73 Å². The van der Waals surface area contributed by atoms with Crippen molar-refractivity contribution in [1.82, 2.24) is 9.97 Å². The molecule has 0 unspecified atom stereocenters. The molecule has 0 atom stereocenters. The van der Waals surface area contributed by atoms with E-state index in [1.54, 1.807) is 24.4 Å². The van der Waals surface area contributed by atoms with Crippen molar-refractivity contribution in [2.24, 2.45) is 10.9 Å². The average Bonchev–Trinajstić information content (AvgIpc) is 2.38. The molecule has 7 heteroatoms. The van der Waals surface area contributed by atoms with Crippen molar-refractivity contribution in [2.45, 2.75) is 17.0 Å². The Bertz CT molecular complexity index is 633. The predicted molar refractivity (Wildman–Crippen MR) is 74.9 cm³/mol. The van der Waals surface area contributed by atoms with Crippen LogP contribution in [0.15, 0.2) is 45.7 Å². The second kappa shape index (κ2) is 5.90. The third-order valence-electron chi connectivity index (χ3n) is 2.30. The molecule has 0 bridgehead atoms. The quantitative estimate of drug-likeness (QED) is 0.299. The molecule has 19 heavy (non-hydrogen) atoms. The first-order valence-electron chi connectivity index (χ1n) is 5.35. The first-order chi connectivity index (χ1) is 9.10. The Labute approximate surface area is 119 Å². The number of amidine groups is 1. The van der Waals surface area contributed by atoms with E-state index in [9.17, 15) is 0 Å². The Morgan fingerprint density at radius 2 is 2.21 bits per heavy atom. The maximum absolute atomic E-state index is 8.78. The first kappa shape index (κ1) is 13.6. The Balaban J connectivity index is 2.41. The highest BCUT2D eigenvalue weighted by molar-refractivity contribution is 7.99. The van der Waals surface area contributed by atoms with Gasteiger partial charge in [0.15, 0.2) is 11.0 Å². The molecule has 1 aromatic carbocycles. The van der Waals surface area contributed by atoms with E-state index in [-0.39, 0.29) is 5.84 Å². The van der Waals surface area contributed by atoms with Gasteiger partial charge in [0.2, 0.25) is 0 Å². The molecule has 0 aliphatic rings. The minimum Gasteiger partial charge on any atom is -0.409 e. The molecule has 1 aromatic heterocycles. The summed E-state index contributed by atoms with van der Waals surface area (Å²) < 4.78 is 0. The molecule has 0 spiro atoms. The van der Waals surface area contributed by atoms with Gasteiger partial charge in [-0.25, -0.2) is 9.97 Å². The molecule has 0 radical (unpaired) electrons. The molecule has 0 aliphatic carbocycles. The van der Waals surface area contributed by atoms with E-state index in [2.05, 4.69) is 15.1 Å². The summed E-state index contributed by atoms with van der Waals surface area (Å²) in [6, 6.07) is 6.91. The van der Waals surface area contributed by atoms with E-state index in [0.717, 1.165) is 10.6 Å². The number of nitrogens with zero attached hydrogens (tertiary/aromatic N) is 3. The van der Waals surface area contributed by atoms with Crippen LogP contribution in [0.4, 0.5) is 0 Å². The highest BCUT2D eigenvalue weighted by Gasteiger charge is 2.11. The molecule has 0 fully saturated rings. The van der Waals surface area contributed by atoms with Crippen molar-refractivity contribution in [1.29, 1.82) is 0 Å². The van der Waals surface area contributed by atoms with Gasteiger partial charge in [0.1, 0.15) is 0 Å². The summed E-state index contributed by atoms with van der Waals surface area (Å²) in [4.78, 5) is 9.18. The van der Waals surface area contributed by atoms with Crippen molar-refractivity contribution in [3.05, 3.63) is 46.7 Å². The zero-order valence-electron chi connectivity index (χ0n) is 10.0. The van der Waals surface area contributed by atoms with E-state index in [1.807, 2.05) is 13.0 Å². The monoisotopic (exact) mass is 294 g/mol. The van der Waals surface area contributed by atoms with E-state index in [0.29, 0.717) is 15.7 Å². The maximum Gasteiger partial charge on any atom is 0.192 e. The lowest BCUT2D eigenvalue weighted by Crippen LogP contribution is -2.14. The first-order valence-corrected chi connectivity index (χ1v) is 6.54. The normalized spacial score (nSPS) is 11.6. The van der Waals surface area contributed by atoms with Gasteiger partial charge in [-0.3, -0.25) is 0 Å². The lowest BCUT2D eigenvalue weighted by Gasteiger charge is -2.07. The fraction of sp³-hybridized carbons (Fsp3) is 0.0833. The van der Waals surface area contributed by atoms with Gasteiger partial charge < -0.3 is 10.9 Å². The molecule has 3 N–H and O–H groups in total. The summed E-state index contributed by atoms with van der Waals surface area (Å²) in [6.07, 6.45) is 1.68. The highest BCUT2D eigenvalue weighted by atomic mass is 35.5. The van der Waals surface area contributed by atoms with Crippen LogP contribution in [0.1, 0.15) is 11.3 Å². The van der Waals surface area contributed by atoms with Crippen LogP contribution in [0.5, 0.6) is 0 Å². The molecule has 98 valence electrons. The van der Waals surface area contributed by atoms with Crippen molar-refractivity contribution in [3.8, 4) is 0 Å². The molecule has 1 heterocycles. The van der Waals surface area contributed by atoms with Crippen molar-refractivity contribution in [2.75, 3.05) is 0 Å². The molecule has 0 amide bonds. The molecule has 2 rings (SSSR count). The van der Waals surface area contributed by atoms with Crippen LogP contribution >= 0.6 is 23.4 Å². The molecule has 5 nitrogen and oxygen atoms in total. The Kier molecular flexibility index (Phi) is 4.24. The molecule has 0 saturated carbocycles. The fourth-order valence-electron chi connectivity index (χ4n) is 1.42. The summed E-state index contributed by atoms with van der Waals surface area (Å²) in [5, 5.41) is 12.9. The summed E-state index contributed by atoms with van der Waals surface area (Å²) in [5.41, 5.74) is 7.08. The summed E-state index contributed by atoms with van der Waals surface area (Å²) in [5.74, 6) is 0.0202. The number of aromatic nitrogens is 2. The average molecular weight is 295 g/mol. The van der Waals surface area contributed by atoms with Crippen LogP contribution in [-0.4, -0.2) is 21.0 Å². The van der Waals surface area contributed by atoms with Gasteiger partial charge in [-0.1, -0.05) is 16.8 Å². The highest BCUT2D eigenvalue weighted by Crippen LogP contribution is 2.30. The summed E-state index contributed by atoms with van der Waals surface area (Å²) in [6.45, 7) is 1.88. The van der Waals surface area contributed by atoms with Gasteiger partial charge in [-0.15, -0.1) is 0 Å². The SMILES string of the molecule is Cc1ccnc(Sc2cc(Cl)ccc2C(N)=NO)n1. The van der Waals surface area contributed by atoms with Crippen molar-refractivity contribution < 1.29 is 5.21 Å². The van der Waals surface area contributed by atoms with Crippen molar-refractivity contribution in [3.63, 3.8) is 0 Å². The fourth-order valence-corrected chi connectivity index (χ4v) is 2.62. The van der Waals surface area contributed by atoms with E-state index < -0.39 is 0 Å². The summed E-state index contributed by atoms with van der Waals surface area (Å²) >= 11 is 7.27. The van der Waals surface area contributed by atoms with Gasteiger partial charge in [-0.2, -0.15) is 0 Å². The standard InChI is InChI=1S/C12H11ClN4OS/c1-7-4-5-15-12(16-7)19-10-6-8(13)2-3-9(10)11(14)17-18/h2-6,18H,1H3,(H2,14,17). The molecular weight excluding hydrogens is 284 g/mol. The van der Waals surface area contributed by atoms with Crippen molar-refractivity contribution >= 4 is 29.2 Å². The summed E-state index contributed by atoms with van der Waals surface area (Å²) in [7, 11) is 0. The van der Waals surface area contributed by atoms with E-state index in [4.69, 9.17) is 22.5 Å². The number of oxime groups is 1. The third kappa shape index (κ3) is 3.36. The number of rotatable bonds is 3. The minimum atomic E-state index is 0.0202. The van der Waals surface area contributed by atoms with Gasteiger partial charge >= 0.3 is 0 Å². The lowest BCUT2D eigenvalue weighted by molar-refractivity contribution is 0.318. The van der Waals surface area contributed by atoms with Crippen LogP contribution in [0.25, 0.3) is 0 Å². The molecule has 0 saturated heterocycles. The Morgan fingerprint density at radius 1 is 1.42 bits per heavy atom. The third-order valence-corrected chi connectivity index (χ3v) is 3.47. The van der Waals surface area contributed by atoms with Crippen LogP contribution in [0, 0.1) is 6.92 Å². The predicted octanol–water partition coefficient (Wildman–Crippen LogP) is 2.68. The minimum absolute atomic E-state index is 0.0202. The largest absolute Gasteiger partial charge is 0.409 e. The topological polar surface area (TPSA) is 84.4 Å². The zero-order chi connectivity index (χ0) is 13.8. The number of benzene rings is 1. The molecule has 2 aromatic rings. The van der Waals surface area contributed by atoms with Gasteiger partial charge in [0.05, 0.1) is 0 Å². The van der Waals surface area contributed by atoms with Crippen LogP contribution in [0.2, 0.25) is 5.02 Å². The zero-order valence-corrected chi connectivity index (χ0v) is 11.6. The number of hydrogen-bond acceptors (Lipinski definition) is 5. The number of nitrogens with two attached hydrogens (primary N) is 1.